The lowest BCUT2D eigenvalue weighted by molar-refractivity contribution is 0.0533. The summed E-state index contributed by atoms with van der Waals surface area (Å²) < 4.78 is 25.2. The number of hydrogen-bond acceptors (Lipinski definition) is 3. The first kappa shape index (κ1) is 17.8. The highest BCUT2D eigenvalue weighted by molar-refractivity contribution is 4.87. The Morgan fingerprint density at radius 2 is 2.00 bits per heavy atom. The van der Waals surface area contributed by atoms with Crippen LogP contribution in [0, 0.1) is 17.8 Å². The molecule has 0 radical (unpaired) electrons. The van der Waals surface area contributed by atoms with E-state index in [0.29, 0.717) is 36.9 Å². The average Bonchev–Trinajstić information content (AvgIpc) is 2.38. The summed E-state index contributed by atoms with van der Waals surface area (Å²) in [6.07, 6.45) is 1.09. The number of aliphatic hydroxyl groups is 1. The fourth-order valence-corrected chi connectivity index (χ4v) is 3.41. The predicted octanol–water partition coefficient (Wildman–Crippen LogP) is 2.21. The monoisotopic (exact) mass is 292 g/mol. The Hall–Kier alpha value is -0.260. The van der Waals surface area contributed by atoms with E-state index in [0.717, 1.165) is 12.8 Å². The zero-order chi connectivity index (χ0) is 15.1. The van der Waals surface area contributed by atoms with Gasteiger partial charge in [-0.25, -0.2) is 8.78 Å². The Morgan fingerprint density at radius 1 is 1.30 bits per heavy atom. The van der Waals surface area contributed by atoms with Crippen LogP contribution in [-0.2, 0) is 0 Å². The van der Waals surface area contributed by atoms with E-state index < -0.39 is 6.43 Å². The second-order valence-electron chi connectivity index (χ2n) is 6.35. The van der Waals surface area contributed by atoms with Crippen LogP contribution in [0.15, 0.2) is 0 Å². The van der Waals surface area contributed by atoms with Gasteiger partial charge in [0.05, 0.1) is 13.2 Å². The molecule has 120 valence electrons. The van der Waals surface area contributed by atoms with Gasteiger partial charge in [-0.1, -0.05) is 13.8 Å². The van der Waals surface area contributed by atoms with Crippen molar-refractivity contribution in [2.45, 2.75) is 45.6 Å². The van der Waals surface area contributed by atoms with E-state index in [9.17, 15) is 8.78 Å². The van der Waals surface area contributed by atoms with E-state index in [1.807, 2.05) is 7.05 Å². The van der Waals surface area contributed by atoms with E-state index in [1.54, 1.807) is 4.90 Å². The molecule has 0 aromatic carbocycles. The van der Waals surface area contributed by atoms with Crippen LogP contribution in [-0.4, -0.2) is 55.8 Å². The third-order valence-electron chi connectivity index (χ3n) is 4.64. The number of aliphatic hydroxyl groups excluding tert-OH is 1. The van der Waals surface area contributed by atoms with Gasteiger partial charge < -0.3 is 10.4 Å². The Morgan fingerprint density at radius 3 is 2.50 bits per heavy atom. The fourth-order valence-electron chi connectivity index (χ4n) is 3.41. The predicted molar refractivity (Wildman–Crippen MR) is 78.0 cm³/mol. The number of hydrogen-bond donors (Lipinski definition) is 2. The minimum atomic E-state index is -2.33. The molecule has 0 spiro atoms. The highest BCUT2D eigenvalue weighted by Gasteiger charge is 2.32. The van der Waals surface area contributed by atoms with Gasteiger partial charge in [-0.2, -0.15) is 0 Å². The van der Waals surface area contributed by atoms with E-state index in [2.05, 4.69) is 19.2 Å². The molecular weight excluding hydrogens is 262 g/mol. The van der Waals surface area contributed by atoms with E-state index >= 15 is 0 Å². The van der Waals surface area contributed by atoms with E-state index in [1.165, 1.54) is 6.42 Å². The second kappa shape index (κ2) is 8.90. The maximum absolute atomic E-state index is 12.6. The number of nitrogens with zero attached hydrogens (tertiary/aromatic N) is 1. The molecule has 1 saturated carbocycles. The molecule has 2 N–H and O–H groups in total. The first-order chi connectivity index (χ1) is 9.47. The van der Waals surface area contributed by atoms with E-state index in [-0.39, 0.29) is 13.2 Å². The topological polar surface area (TPSA) is 35.5 Å². The van der Waals surface area contributed by atoms with Crippen LogP contribution in [0.5, 0.6) is 0 Å². The lowest BCUT2D eigenvalue weighted by atomic mass is 9.73. The molecule has 20 heavy (non-hydrogen) atoms. The summed E-state index contributed by atoms with van der Waals surface area (Å²) in [4.78, 5) is 1.71. The van der Waals surface area contributed by atoms with Gasteiger partial charge in [0, 0.05) is 19.1 Å². The molecule has 0 heterocycles. The van der Waals surface area contributed by atoms with Crippen molar-refractivity contribution in [1.29, 1.82) is 0 Å². The summed E-state index contributed by atoms with van der Waals surface area (Å²) in [6, 6.07) is 0.406. The molecule has 3 atom stereocenters. The van der Waals surface area contributed by atoms with Crippen LogP contribution in [0.3, 0.4) is 0 Å². The van der Waals surface area contributed by atoms with Gasteiger partial charge in [0.25, 0.3) is 6.43 Å². The SMILES string of the molecule is CNC1CCC(C(C)C)CC1CN(CCO)CC(F)F. The van der Waals surface area contributed by atoms with E-state index in [4.69, 9.17) is 5.11 Å². The van der Waals surface area contributed by atoms with Crippen LogP contribution in [0.1, 0.15) is 33.1 Å². The van der Waals surface area contributed by atoms with Crippen LogP contribution >= 0.6 is 0 Å². The van der Waals surface area contributed by atoms with Gasteiger partial charge >= 0.3 is 0 Å². The maximum atomic E-state index is 12.6. The van der Waals surface area contributed by atoms with Crippen LogP contribution < -0.4 is 5.32 Å². The minimum absolute atomic E-state index is 0.0583. The highest BCUT2D eigenvalue weighted by Crippen LogP contribution is 2.34. The van der Waals surface area contributed by atoms with Gasteiger partial charge in [-0.15, -0.1) is 0 Å². The van der Waals surface area contributed by atoms with Gasteiger partial charge in [0.15, 0.2) is 0 Å². The van der Waals surface area contributed by atoms with Crippen molar-refractivity contribution in [3.63, 3.8) is 0 Å². The Bertz CT molecular complexity index is 264. The summed E-state index contributed by atoms with van der Waals surface area (Å²) in [7, 11) is 1.96. The summed E-state index contributed by atoms with van der Waals surface area (Å²) in [5, 5.41) is 12.4. The van der Waals surface area contributed by atoms with Crippen molar-refractivity contribution < 1.29 is 13.9 Å². The molecular formula is C15H30F2N2O. The molecule has 1 rings (SSSR count). The molecule has 0 amide bonds. The Balaban J connectivity index is 2.62. The molecule has 3 nitrogen and oxygen atoms in total. The lowest BCUT2D eigenvalue weighted by Crippen LogP contribution is -2.46. The molecule has 0 saturated heterocycles. The molecule has 0 aromatic heterocycles. The average molecular weight is 292 g/mol. The van der Waals surface area contributed by atoms with Crippen LogP contribution in [0.2, 0.25) is 0 Å². The molecule has 0 aliphatic heterocycles. The summed E-state index contributed by atoms with van der Waals surface area (Å²) in [5.41, 5.74) is 0. The van der Waals surface area contributed by atoms with Gasteiger partial charge in [-0.05, 0) is 44.1 Å². The van der Waals surface area contributed by atoms with Crippen LogP contribution in [0.4, 0.5) is 8.78 Å². The lowest BCUT2D eigenvalue weighted by Gasteiger charge is -2.40. The molecule has 1 fully saturated rings. The highest BCUT2D eigenvalue weighted by atomic mass is 19.3. The number of alkyl halides is 2. The first-order valence-electron chi connectivity index (χ1n) is 7.76. The van der Waals surface area contributed by atoms with Gasteiger partial charge in [0.1, 0.15) is 0 Å². The van der Waals surface area contributed by atoms with Crippen LogP contribution in [0.25, 0.3) is 0 Å². The normalized spacial score (nSPS) is 27.8. The van der Waals surface area contributed by atoms with Crippen molar-refractivity contribution in [3.8, 4) is 0 Å². The molecule has 0 bridgehead atoms. The van der Waals surface area contributed by atoms with Crippen molar-refractivity contribution in [3.05, 3.63) is 0 Å². The molecule has 0 aromatic rings. The standard InChI is InChI=1S/C15H30F2N2O/c1-11(2)12-4-5-14(18-3)13(8-12)9-19(6-7-20)10-15(16)17/h11-15,18,20H,4-10H2,1-3H3. The largest absolute Gasteiger partial charge is 0.395 e. The molecule has 3 unspecified atom stereocenters. The summed E-state index contributed by atoms with van der Waals surface area (Å²) >= 11 is 0. The molecule has 1 aliphatic rings. The number of nitrogens with one attached hydrogen (secondary N) is 1. The van der Waals surface area contributed by atoms with Crippen molar-refractivity contribution >= 4 is 0 Å². The third-order valence-corrected chi connectivity index (χ3v) is 4.64. The van der Waals surface area contributed by atoms with Crippen molar-refractivity contribution in [2.24, 2.45) is 17.8 Å². The summed E-state index contributed by atoms with van der Waals surface area (Å²) in [5.74, 6) is 1.73. The Labute approximate surface area is 121 Å². The minimum Gasteiger partial charge on any atom is -0.395 e. The summed E-state index contributed by atoms with van der Waals surface area (Å²) in [6.45, 7) is 5.18. The smallest absolute Gasteiger partial charge is 0.251 e. The number of halogens is 2. The number of rotatable bonds is 8. The zero-order valence-corrected chi connectivity index (χ0v) is 13.0. The second-order valence-corrected chi connectivity index (χ2v) is 6.35. The Kier molecular flexibility index (Phi) is 7.92. The molecule has 5 heteroatoms. The third kappa shape index (κ3) is 5.62. The van der Waals surface area contributed by atoms with Gasteiger partial charge in [-0.3, -0.25) is 4.90 Å². The zero-order valence-electron chi connectivity index (χ0n) is 13.0. The molecule has 1 aliphatic carbocycles. The van der Waals surface area contributed by atoms with Crippen molar-refractivity contribution in [2.75, 3.05) is 33.3 Å². The first-order valence-corrected chi connectivity index (χ1v) is 7.76. The maximum Gasteiger partial charge on any atom is 0.251 e. The fraction of sp³-hybridized carbons (Fsp3) is 1.00. The van der Waals surface area contributed by atoms with Gasteiger partial charge in [0.2, 0.25) is 0 Å². The van der Waals surface area contributed by atoms with Crippen molar-refractivity contribution in [1.82, 2.24) is 10.2 Å². The quantitative estimate of drug-likeness (QED) is 0.720.